The van der Waals surface area contributed by atoms with E-state index in [0.717, 1.165) is 50.0 Å². The lowest BCUT2D eigenvalue weighted by Crippen LogP contribution is -2.42. The quantitative estimate of drug-likeness (QED) is 0.311. The number of methoxy groups -OCH3 is 1. The van der Waals surface area contributed by atoms with Gasteiger partial charge in [0.1, 0.15) is 5.75 Å². The second kappa shape index (κ2) is 12.4. The Morgan fingerprint density at radius 3 is 2.42 bits per heavy atom. The van der Waals surface area contributed by atoms with E-state index in [-0.39, 0.29) is 18.6 Å². The molecule has 1 aromatic heterocycles. The van der Waals surface area contributed by atoms with Gasteiger partial charge >= 0.3 is 0 Å². The van der Waals surface area contributed by atoms with E-state index in [1.165, 1.54) is 0 Å². The number of nitrogens with zero attached hydrogens (tertiary/aromatic N) is 2. The summed E-state index contributed by atoms with van der Waals surface area (Å²) in [4.78, 5) is 6.65. The highest BCUT2D eigenvalue weighted by molar-refractivity contribution is 5.85. The number of aliphatic hydroxyl groups excluding tert-OH is 3. The largest absolute Gasteiger partial charge is 0.497 e. The van der Waals surface area contributed by atoms with E-state index in [4.69, 9.17) is 4.74 Å². The minimum atomic E-state index is -1.44. The normalized spacial score (nSPS) is 16.6. The van der Waals surface area contributed by atoms with Gasteiger partial charge < -0.3 is 25.0 Å². The molecule has 4 rings (SSSR count). The molecule has 3 N–H and O–H groups in total. The Labute approximate surface area is 220 Å². The average molecular weight is 533 g/mol. The molecule has 1 aliphatic rings. The van der Waals surface area contributed by atoms with Gasteiger partial charge in [-0.25, -0.2) is 13.2 Å². The maximum absolute atomic E-state index is 13.4. The van der Waals surface area contributed by atoms with Gasteiger partial charge in [-0.15, -0.1) is 0 Å². The Hall–Kier alpha value is -2.72. The van der Waals surface area contributed by atoms with E-state index in [9.17, 15) is 28.5 Å². The van der Waals surface area contributed by atoms with E-state index in [0.29, 0.717) is 53.6 Å². The lowest BCUT2D eigenvalue weighted by atomic mass is 9.74. The van der Waals surface area contributed by atoms with Crippen molar-refractivity contribution in [2.45, 2.75) is 51.2 Å². The molecule has 1 atom stereocenters. The smallest absolute Gasteiger partial charge is 0.194 e. The number of aromatic nitrogens is 1. The average Bonchev–Trinajstić information content (AvgIpc) is 2.94. The van der Waals surface area contributed by atoms with E-state index in [1.54, 1.807) is 19.4 Å². The van der Waals surface area contributed by atoms with Gasteiger partial charge in [-0.1, -0.05) is 0 Å². The first-order valence-electron chi connectivity index (χ1n) is 13.0. The standard InChI is InChI=1S/C29H35F3N2O4/c1-38-21-4-5-25-22(15-21)27(20(17-35)16-33-25)26(37)6-7-29(18-36)8-11-34(12-9-29)10-2-3-19-13-23(30)28(32)24(31)14-19/h4-5,13-16,26,35-37H,2-3,6-12,17-18H2,1H3/t26-/m1/s1. The van der Waals surface area contributed by atoms with Crippen LogP contribution in [-0.2, 0) is 13.0 Å². The summed E-state index contributed by atoms with van der Waals surface area (Å²) in [6, 6.07) is 7.52. The molecule has 0 radical (unpaired) electrons. The molecule has 0 spiro atoms. The molecule has 0 unspecified atom stereocenters. The maximum Gasteiger partial charge on any atom is 0.194 e. The van der Waals surface area contributed by atoms with E-state index >= 15 is 0 Å². The highest BCUT2D eigenvalue weighted by Crippen LogP contribution is 2.40. The number of hydrogen-bond acceptors (Lipinski definition) is 6. The van der Waals surface area contributed by atoms with Crippen molar-refractivity contribution in [1.82, 2.24) is 9.88 Å². The van der Waals surface area contributed by atoms with Crippen molar-refractivity contribution in [3.63, 3.8) is 0 Å². The fourth-order valence-electron chi connectivity index (χ4n) is 5.46. The molecule has 3 aromatic rings. The number of fused-ring (bicyclic) bond motifs is 1. The monoisotopic (exact) mass is 532 g/mol. The van der Waals surface area contributed by atoms with Crippen LogP contribution in [0.5, 0.6) is 5.75 Å². The molecular formula is C29H35F3N2O4. The zero-order chi connectivity index (χ0) is 27.3. The van der Waals surface area contributed by atoms with Crippen molar-refractivity contribution >= 4 is 10.9 Å². The molecule has 1 fully saturated rings. The molecule has 0 saturated carbocycles. The van der Waals surface area contributed by atoms with Crippen LogP contribution in [0.3, 0.4) is 0 Å². The predicted octanol–water partition coefficient (Wildman–Crippen LogP) is 4.67. The molecule has 2 aromatic carbocycles. The topological polar surface area (TPSA) is 86.0 Å². The number of piperidine rings is 1. The summed E-state index contributed by atoms with van der Waals surface area (Å²) in [6.07, 6.45) is 4.42. The second-order valence-electron chi connectivity index (χ2n) is 10.3. The van der Waals surface area contributed by atoms with Crippen LogP contribution in [0.25, 0.3) is 10.9 Å². The second-order valence-corrected chi connectivity index (χ2v) is 10.3. The lowest BCUT2D eigenvalue weighted by Gasteiger charge is -2.41. The van der Waals surface area contributed by atoms with Crippen LogP contribution in [0.4, 0.5) is 13.2 Å². The summed E-state index contributed by atoms with van der Waals surface area (Å²) in [5.41, 5.74) is 2.01. The van der Waals surface area contributed by atoms with Crippen LogP contribution < -0.4 is 4.74 Å². The van der Waals surface area contributed by atoms with Gasteiger partial charge in [0, 0.05) is 23.8 Å². The SMILES string of the molecule is COc1ccc2ncc(CO)c([C@H](O)CCC3(CO)CCN(CCCc4cc(F)c(F)c(F)c4)CC3)c2c1. The van der Waals surface area contributed by atoms with Gasteiger partial charge in [0.25, 0.3) is 0 Å². The third-order valence-corrected chi connectivity index (χ3v) is 7.89. The number of aryl methyl sites for hydroxylation is 1. The Bertz CT molecular complexity index is 1220. The van der Waals surface area contributed by atoms with E-state index in [2.05, 4.69) is 9.88 Å². The summed E-state index contributed by atoms with van der Waals surface area (Å²) in [5.74, 6) is -3.15. The first-order valence-corrected chi connectivity index (χ1v) is 13.0. The summed E-state index contributed by atoms with van der Waals surface area (Å²) in [5, 5.41) is 32.1. The molecule has 9 heteroatoms. The van der Waals surface area contributed by atoms with Crippen LogP contribution in [0.1, 0.15) is 54.9 Å². The number of pyridine rings is 1. The van der Waals surface area contributed by atoms with Crippen molar-refractivity contribution < 1.29 is 33.2 Å². The zero-order valence-electron chi connectivity index (χ0n) is 21.6. The first-order chi connectivity index (χ1) is 18.3. The van der Waals surface area contributed by atoms with Crippen LogP contribution in [-0.4, -0.2) is 58.6 Å². The minimum Gasteiger partial charge on any atom is -0.497 e. The molecule has 0 bridgehead atoms. The number of rotatable bonds is 11. The first kappa shape index (κ1) is 28.3. The summed E-state index contributed by atoms with van der Waals surface area (Å²) >= 11 is 0. The molecule has 6 nitrogen and oxygen atoms in total. The van der Waals surface area contributed by atoms with Gasteiger partial charge in [-0.2, -0.15) is 0 Å². The van der Waals surface area contributed by atoms with E-state index in [1.807, 2.05) is 12.1 Å². The lowest BCUT2D eigenvalue weighted by molar-refractivity contribution is 0.0232. The van der Waals surface area contributed by atoms with Gasteiger partial charge in [-0.05, 0) is 105 Å². The van der Waals surface area contributed by atoms with Gasteiger partial charge in [0.05, 0.1) is 25.3 Å². The van der Waals surface area contributed by atoms with Crippen molar-refractivity contribution in [2.75, 3.05) is 33.4 Å². The Morgan fingerprint density at radius 2 is 1.79 bits per heavy atom. The maximum atomic E-state index is 13.4. The third kappa shape index (κ3) is 6.29. The van der Waals surface area contributed by atoms with E-state index < -0.39 is 23.6 Å². The summed E-state index contributed by atoms with van der Waals surface area (Å²) < 4.78 is 45.4. The molecule has 1 aliphatic heterocycles. The van der Waals surface area contributed by atoms with Gasteiger partial charge in [-0.3, -0.25) is 4.98 Å². The highest BCUT2D eigenvalue weighted by Gasteiger charge is 2.34. The number of benzene rings is 2. The molecule has 206 valence electrons. The van der Waals surface area contributed by atoms with Crippen LogP contribution in [0, 0.1) is 22.9 Å². The summed E-state index contributed by atoms with van der Waals surface area (Å²) in [6.45, 7) is 2.03. The molecule has 1 saturated heterocycles. The molecule has 38 heavy (non-hydrogen) atoms. The number of hydrogen-bond donors (Lipinski definition) is 3. The Morgan fingerprint density at radius 1 is 1.08 bits per heavy atom. The third-order valence-electron chi connectivity index (χ3n) is 7.89. The number of aliphatic hydroxyl groups is 3. The van der Waals surface area contributed by atoms with Crippen LogP contribution in [0.15, 0.2) is 36.5 Å². The predicted molar refractivity (Wildman–Crippen MR) is 138 cm³/mol. The van der Waals surface area contributed by atoms with Crippen molar-refractivity contribution in [1.29, 1.82) is 0 Å². The number of halogens is 3. The number of likely N-dealkylation sites (tertiary alicyclic amines) is 1. The van der Waals surface area contributed by atoms with Gasteiger partial charge in [0.2, 0.25) is 0 Å². The van der Waals surface area contributed by atoms with Crippen molar-refractivity contribution in [2.24, 2.45) is 5.41 Å². The van der Waals surface area contributed by atoms with Gasteiger partial charge in [0.15, 0.2) is 17.5 Å². The molecular weight excluding hydrogens is 497 g/mol. The molecule has 0 amide bonds. The molecule has 2 heterocycles. The van der Waals surface area contributed by atoms with Crippen LogP contribution >= 0.6 is 0 Å². The van der Waals surface area contributed by atoms with Crippen molar-refractivity contribution in [3.8, 4) is 5.75 Å². The Balaban J connectivity index is 1.34. The Kier molecular flexibility index (Phi) is 9.25. The molecule has 0 aliphatic carbocycles. The summed E-state index contributed by atoms with van der Waals surface area (Å²) in [7, 11) is 1.57. The zero-order valence-corrected chi connectivity index (χ0v) is 21.6. The minimum absolute atomic E-state index is 0.0134. The highest BCUT2D eigenvalue weighted by atomic mass is 19.2. The fourth-order valence-corrected chi connectivity index (χ4v) is 5.46. The van der Waals surface area contributed by atoms with Crippen LogP contribution in [0.2, 0.25) is 0 Å². The van der Waals surface area contributed by atoms with Crippen molar-refractivity contribution in [3.05, 3.63) is 70.7 Å². The number of ether oxygens (including phenoxy) is 1. The fraction of sp³-hybridized carbons (Fsp3) is 0.483.